The molecule has 0 aliphatic heterocycles. The van der Waals surface area contributed by atoms with Gasteiger partial charge < -0.3 is 5.32 Å². The van der Waals surface area contributed by atoms with E-state index in [1.54, 1.807) is 6.20 Å². The Morgan fingerprint density at radius 3 is 2.94 bits per heavy atom. The summed E-state index contributed by atoms with van der Waals surface area (Å²) >= 11 is 3.21. The maximum Gasteiger partial charge on any atom is 0.291 e. The van der Waals surface area contributed by atoms with Crippen molar-refractivity contribution >= 4 is 21.6 Å². The first-order valence-electron chi connectivity index (χ1n) is 5.58. The minimum absolute atomic E-state index is 0.0975. The molecule has 1 aliphatic rings. The van der Waals surface area contributed by atoms with Crippen LogP contribution in [0.2, 0.25) is 0 Å². The predicted molar refractivity (Wildman–Crippen MR) is 67.9 cm³/mol. The molecule has 6 heteroatoms. The first-order valence-corrected chi connectivity index (χ1v) is 6.37. The zero-order valence-corrected chi connectivity index (χ0v) is 11.1. The van der Waals surface area contributed by atoms with Gasteiger partial charge in [0, 0.05) is 29.2 Å². The SMILES string of the molecule is CNC(Cc1ncc(Br)cc1[N+](=O)[O-])C1CC1. The van der Waals surface area contributed by atoms with Gasteiger partial charge in [0.15, 0.2) is 0 Å². The lowest BCUT2D eigenvalue weighted by Gasteiger charge is -2.14. The number of aromatic nitrogens is 1. The van der Waals surface area contributed by atoms with Crippen LogP contribution in [0.3, 0.4) is 0 Å². The van der Waals surface area contributed by atoms with Crippen molar-refractivity contribution in [2.24, 2.45) is 5.92 Å². The fourth-order valence-electron chi connectivity index (χ4n) is 1.98. The normalized spacial score (nSPS) is 16.8. The number of nitrogens with one attached hydrogen (secondary N) is 1. The molecule has 1 aromatic rings. The molecule has 1 heterocycles. The summed E-state index contributed by atoms with van der Waals surface area (Å²) < 4.78 is 0.639. The Balaban J connectivity index is 2.21. The van der Waals surface area contributed by atoms with Crippen molar-refractivity contribution < 1.29 is 4.92 Å². The highest BCUT2D eigenvalue weighted by Gasteiger charge is 2.32. The Bertz CT molecular complexity index is 435. The summed E-state index contributed by atoms with van der Waals surface area (Å²) in [6, 6.07) is 1.81. The van der Waals surface area contributed by atoms with Crippen molar-refractivity contribution in [2.75, 3.05) is 7.05 Å². The van der Waals surface area contributed by atoms with Gasteiger partial charge in [-0.2, -0.15) is 0 Å². The van der Waals surface area contributed by atoms with Crippen LogP contribution in [-0.2, 0) is 6.42 Å². The number of rotatable bonds is 5. The molecule has 1 N–H and O–H groups in total. The molecule has 1 atom stereocenters. The lowest BCUT2D eigenvalue weighted by Crippen LogP contribution is -2.30. The van der Waals surface area contributed by atoms with Gasteiger partial charge in [-0.05, 0) is 41.7 Å². The minimum Gasteiger partial charge on any atom is -0.316 e. The van der Waals surface area contributed by atoms with E-state index in [4.69, 9.17) is 0 Å². The fraction of sp³-hybridized carbons (Fsp3) is 0.545. The van der Waals surface area contributed by atoms with Crippen LogP contribution in [-0.4, -0.2) is 23.0 Å². The number of likely N-dealkylation sites (N-methyl/N-ethyl adjacent to an activating group) is 1. The number of hydrogen-bond acceptors (Lipinski definition) is 4. The van der Waals surface area contributed by atoms with Gasteiger partial charge in [-0.1, -0.05) is 0 Å². The second kappa shape index (κ2) is 5.10. The predicted octanol–water partition coefficient (Wildman–Crippen LogP) is 2.29. The Morgan fingerprint density at radius 2 is 2.41 bits per heavy atom. The average Bonchev–Trinajstić information content (AvgIpc) is 3.11. The van der Waals surface area contributed by atoms with Crippen molar-refractivity contribution in [3.05, 3.63) is 32.5 Å². The van der Waals surface area contributed by atoms with Crippen LogP contribution in [0.15, 0.2) is 16.7 Å². The molecule has 1 fully saturated rings. The second-order valence-electron chi connectivity index (χ2n) is 4.31. The van der Waals surface area contributed by atoms with E-state index in [-0.39, 0.29) is 10.6 Å². The zero-order chi connectivity index (χ0) is 12.4. The molecule has 0 radical (unpaired) electrons. The molecule has 0 amide bonds. The molecule has 1 saturated carbocycles. The molecule has 1 aliphatic carbocycles. The molecule has 0 bridgehead atoms. The summed E-state index contributed by atoms with van der Waals surface area (Å²) in [6.45, 7) is 0. The van der Waals surface area contributed by atoms with Crippen LogP contribution in [0.25, 0.3) is 0 Å². The quantitative estimate of drug-likeness (QED) is 0.669. The molecule has 2 rings (SSSR count). The topological polar surface area (TPSA) is 68.1 Å². The largest absolute Gasteiger partial charge is 0.316 e. The van der Waals surface area contributed by atoms with Crippen LogP contribution in [0.4, 0.5) is 5.69 Å². The zero-order valence-electron chi connectivity index (χ0n) is 9.52. The second-order valence-corrected chi connectivity index (χ2v) is 5.23. The van der Waals surface area contributed by atoms with Gasteiger partial charge in [-0.3, -0.25) is 15.1 Å². The summed E-state index contributed by atoms with van der Waals surface area (Å²) in [4.78, 5) is 14.8. The molecule has 1 aromatic heterocycles. The summed E-state index contributed by atoms with van der Waals surface area (Å²) in [6.07, 6.45) is 4.64. The van der Waals surface area contributed by atoms with E-state index in [1.807, 2.05) is 7.05 Å². The highest BCUT2D eigenvalue weighted by molar-refractivity contribution is 9.10. The van der Waals surface area contributed by atoms with Gasteiger partial charge in [0.2, 0.25) is 0 Å². The first kappa shape index (κ1) is 12.4. The number of pyridine rings is 1. The first-order chi connectivity index (χ1) is 8.11. The number of hydrogen-bond donors (Lipinski definition) is 1. The summed E-state index contributed by atoms with van der Waals surface area (Å²) in [7, 11) is 1.90. The third-order valence-corrected chi connectivity index (χ3v) is 3.52. The number of halogens is 1. The molecule has 1 unspecified atom stereocenters. The van der Waals surface area contributed by atoms with E-state index in [0.717, 1.165) is 0 Å². The van der Waals surface area contributed by atoms with Gasteiger partial charge in [-0.25, -0.2) is 0 Å². The molecular formula is C11H14BrN3O2. The van der Waals surface area contributed by atoms with E-state index < -0.39 is 0 Å². The highest BCUT2D eigenvalue weighted by atomic mass is 79.9. The molecule has 0 spiro atoms. The average molecular weight is 300 g/mol. The maximum atomic E-state index is 11.0. The van der Waals surface area contributed by atoms with Crippen molar-refractivity contribution in [1.29, 1.82) is 0 Å². The molecule has 17 heavy (non-hydrogen) atoms. The van der Waals surface area contributed by atoms with E-state index >= 15 is 0 Å². The molecule has 92 valence electrons. The van der Waals surface area contributed by atoms with Gasteiger partial charge in [-0.15, -0.1) is 0 Å². The Labute approximate surface area is 108 Å². The van der Waals surface area contributed by atoms with E-state index in [9.17, 15) is 10.1 Å². The third-order valence-electron chi connectivity index (χ3n) is 3.09. The molecule has 0 saturated heterocycles. The third kappa shape index (κ3) is 3.01. The monoisotopic (exact) mass is 299 g/mol. The van der Waals surface area contributed by atoms with Crippen molar-refractivity contribution in [2.45, 2.75) is 25.3 Å². The lowest BCUT2D eigenvalue weighted by molar-refractivity contribution is -0.386. The summed E-state index contributed by atoms with van der Waals surface area (Å²) in [5, 5.41) is 14.2. The molecule has 0 aromatic carbocycles. The highest BCUT2D eigenvalue weighted by Crippen LogP contribution is 2.35. The van der Waals surface area contributed by atoms with Gasteiger partial charge >= 0.3 is 0 Å². The van der Waals surface area contributed by atoms with Gasteiger partial charge in [0.05, 0.1) is 4.92 Å². The Kier molecular flexibility index (Phi) is 3.73. The number of nitro groups is 1. The van der Waals surface area contributed by atoms with E-state index in [0.29, 0.717) is 28.5 Å². The fourth-order valence-corrected chi connectivity index (χ4v) is 2.30. The molecule has 5 nitrogen and oxygen atoms in total. The van der Waals surface area contributed by atoms with Gasteiger partial charge in [0.1, 0.15) is 5.69 Å². The lowest BCUT2D eigenvalue weighted by atomic mass is 10.1. The molecular weight excluding hydrogens is 286 g/mol. The van der Waals surface area contributed by atoms with Crippen molar-refractivity contribution in [3.63, 3.8) is 0 Å². The van der Waals surface area contributed by atoms with Crippen LogP contribution >= 0.6 is 15.9 Å². The van der Waals surface area contributed by atoms with E-state index in [2.05, 4.69) is 26.2 Å². The van der Waals surface area contributed by atoms with Crippen LogP contribution < -0.4 is 5.32 Å². The van der Waals surface area contributed by atoms with Crippen molar-refractivity contribution in [3.8, 4) is 0 Å². The Morgan fingerprint density at radius 1 is 1.71 bits per heavy atom. The van der Waals surface area contributed by atoms with Crippen molar-refractivity contribution in [1.82, 2.24) is 10.3 Å². The smallest absolute Gasteiger partial charge is 0.291 e. The van der Waals surface area contributed by atoms with Gasteiger partial charge in [0.25, 0.3) is 5.69 Å². The van der Waals surface area contributed by atoms with Crippen LogP contribution in [0, 0.1) is 16.0 Å². The van der Waals surface area contributed by atoms with Crippen LogP contribution in [0.1, 0.15) is 18.5 Å². The minimum atomic E-state index is -0.368. The van der Waals surface area contributed by atoms with E-state index in [1.165, 1.54) is 18.9 Å². The summed E-state index contributed by atoms with van der Waals surface area (Å²) in [5.74, 6) is 0.644. The standard InChI is InChI=1S/C11H14BrN3O2/c1-13-9(7-2-3-7)5-10-11(15(16)17)4-8(12)6-14-10/h4,6-7,9,13H,2-3,5H2,1H3. The Hall–Kier alpha value is -1.01. The van der Waals surface area contributed by atoms with Crippen LogP contribution in [0.5, 0.6) is 0 Å². The summed E-state index contributed by atoms with van der Waals surface area (Å²) in [5.41, 5.74) is 0.657. The number of nitrogens with zero attached hydrogens (tertiary/aromatic N) is 2. The maximum absolute atomic E-state index is 11.0.